The van der Waals surface area contributed by atoms with E-state index < -0.39 is 0 Å². The number of furan rings is 1. The Kier molecular flexibility index (Phi) is 5.65. The molecule has 0 radical (unpaired) electrons. The van der Waals surface area contributed by atoms with Crippen LogP contribution in [0.25, 0.3) is 33.2 Å². The first-order valence-corrected chi connectivity index (χ1v) is 11.9. The van der Waals surface area contributed by atoms with Gasteiger partial charge in [-0.05, 0) is 73.1 Å². The number of likely N-dealkylation sites (tertiary alicyclic amines) is 1. The van der Waals surface area contributed by atoms with Gasteiger partial charge in [-0.25, -0.2) is 0 Å². The molecule has 1 saturated heterocycles. The summed E-state index contributed by atoms with van der Waals surface area (Å²) in [5.41, 5.74) is 5.57. The first kappa shape index (κ1) is 20.7. The zero-order chi connectivity index (χ0) is 22.1. The van der Waals surface area contributed by atoms with Crippen LogP contribution >= 0.6 is 11.3 Å². The van der Waals surface area contributed by atoms with Gasteiger partial charge in [-0.1, -0.05) is 18.2 Å². The van der Waals surface area contributed by atoms with E-state index in [0.29, 0.717) is 11.6 Å². The van der Waals surface area contributed by atoms with Gasteiger partial charge in [0.05, 0.1) is 16.5 Å². The highest BCUT2D eigenvalue weighted by molar-refractivity contribution is 7.12. The Balaban J connectivity index is 1.60. The van der Waals surface area contributed by atoms with E-state index in [9.17, 15) is 4.79 Å². The minimum absolute atomic E-state index is 0.609. The van der Waals surface area contributed by atoms with E-state index in [4.69, 9.17) is 9.68 Å². The highest BCUT2D eigenvalue weighted by atomic mass is 32.1. The van der Waals surface area contributed by atoms with Crippen molar-refractivity contribution in [1.29, 1.82) is 5.26 Å². The van der Waals surface area contributed by atoms with Crippen molar-refractivity contribution in [2.45, 2.75) is 32.2 Å². The maximum Gasteiger partial charge on any atom is 0.160 e. The van der Waals surface area contributed by atoms with Gasteiger partial charge in [0.25, 0.3) is 0 Å². The number of carbonyl (C=O) groups excluding carboxylic acids is 1. The fraction of sp³-hybridized carbons (Fsp3) is 0.259. The molecule has 160 valence electrons. The molecule has 2 aromatic heterocycles. The molecule has 0 N–H and O–H groups in total. The Morgan fingerprint density at radius 1 is 1.19 bits per heavy atom. The quantitative estimate of drug-likeness (QED) is 0.319. The van der Waals surface area contributed by atoms with Crippen LogP contribution in [-0.4, -0.2) is 30.3 Å². The van der Waals surface area contributed by atoms with Crippen molar-refractivity contribution in [2.24, 2.45) is 0 Å². The van der Waals surface area contributed by atoms with E-state index in [-0.39, 0.29) is 0 Å². The molecule has 5 heteroatoms. The van der Waals surface area contributed by atoms with Crippen LogP contribution in [0.15, 0.2) is 58.3 Å². The van der Waals surface area contributed by atoms with E-state index in [2.05, 4.69) is 30.0 Å². The monoisotopic (exact) mass is 440 g/mol. The van der Waals surface area contributed by atoms with Crippen molar-refractivity contribution < 1.29 is 9.21 Å². The van der Waals surface area contributed by atoms with E-state index >= 15 is 0 Å². The fourth-order valence-corrected chi connectivity index (χ4v) is 5.43. The summed E-state index contributed by atoms with van der Waals surface area (Å²) in [6.07, 6.45) is 4.26. The van der Waals surface area contributed by atoms with Gasteiger partial charge in [0, 0.05) is 35.5 Å². The summed E-state index contributed by atoms with van der Waals surface area (Å²) in [6, 6.07) is 18.6. The van der Waals surface area contributed by atoms with Crippen LogP contribution in [0, 0.1) is 11.3 Å². The standard InChI is InChI=1S/C27H24N2O2S/c1-18-3-2-12-29(18)13-10-25-27(22-11-14-32-26(22)17-30)23-15-21(8-9-24(23)31-25)20-6-4-19(16-28)5-7-20/h4-9,11,14-15,17-18H,2-3,10,12-13H2,1H3/t18-/m1/s1. The summed E-state index contributed by atoms with van der Waals surface area (Å²) >= 11 is 1.46. The zero-order valence-corrected chi connectivity index (χ0v) is 18.8. The highest BCUT2D eigenvalue weighted by Gasteiger charge is 2.23. The molecule has 1 atom stereocenters. The van der Waals surface area contributed by atoms with Crippen molar-refractivity contribution in [1.82, 2.24) is 4.90 Å². The number of aldehydes is 1. The molecule has 0 spiro atoms. The molecule has 4 aromatic rings. The molecule has 1 fully saturated rings. The second-order valence-electron chi connectivity index (χ2n) is 8.39. The van der Waals surface area contributed by atoms with Gasteiger partial charge >= 0.3 is 0 Å². The summed E-state index contributed by atoms with van der Waals surface area (Å²) in [5.74, 6) is 0.942. The van der Waals surface area contributed by atoms with Gasteiger partial charge in [0.2, 0.25) is 0 Å². The number of thiophene rings is 1. The SMILES string of the molecule is C[C@@H]1CCCN1CCc1oc2ccc(-c3ccc(C#N)cc3)cc2c1-c1ccsc1C=O. The molecule has 0 aliphatic carbocycles. The number of carbonyl (C=O) groups is 1. The lowest BCUT2D eigenvalue weighted by Gasteiger charge is -2.20. The molecule has 1 aliphatic rings. The number of fused-ring (bicyclic) bond motifs is 1. The Labute approximate surface area is 191 Å². The Hall–Kier alpha value is -3.20. The maximum absolute atomic E-state index is 11.7. The predicted octanol–water partition coefficient (Wildman–Crippen LogP) is 6.54. The first-order valence-electron chi connectivity index (χ1n) is 11.0. The average molecular weight is 441 g/mol. The van der Waals surface area contributed by atoms with Crippen LogP contribution < -0.4 is 0 Å². The van der Waals surface area contributed by atoms with Gasteiger partial charge in [0.1, 0.15) is 11.3 Å². The van der Waals surface area contributed by atoms with Crippen molar-refractivity contribution in [3.8, 4) is 28.3 Å². The Morgan fingerprint density at radius 2 is 2.00 bits per heavy atom. The number of hydrogen-bond donors (Lipinski definition) is 0. The molecule has 3 heterocycles. The minimum atomic E-state index is 0.609. The lowest BCUT2D eigenvalue weighted by molar-refractivity contribution is 0.112. The van der Waals surface area contributed by atoms with E-state index in [1.54, 1.807) is 0 Å². The van der Waals surface area contributed by atoms with Crippen LogP contribution in [-0.2, 0) is 6.42 Å². The number of nitrogens with zero attached hydrogens (tertiary/aromatic N) is 2. The van der Waals surface area contributed by atoms with Gasteiger partial charge in [-0.2, -0.15) is 5.26 Å². The molecule has 5 rings (SSSR count). The summed E-state index contributed by atoms with van der Waals surface area (Å²) in [7, 11) is 0. The van der Waals surface area contributed by atoms with Crippen molar-refractivity contribution >= 4 is 28.6 Å². The average Bonchev–Trinajstić information content (AvgIpc) is 3.54. The van der Waals surface area contributed by atoms with Gasteiger partial charge < -0.3 is 9.32 Å². The van der Waals surface area contributed by atoms with Crippen molar-refractivity contribution in [3.63, 3.8) is 0 Å². The molecular formula is C27H24N2O2S. The molecular weight excluding hydrogens is 416 g/mol. The predicted molar refractivity (Wildman–Crippen MR) is 129 cm³/mol. The third-order valence-corrected chi connectivity index (χ3v) is 7.34. The fourth-order valence-electron chi connectivity index (χ4n) is 4.73. The third kappa shape index (κ3) is 3.77. The Bertz CT molecular complexity index is 1310. The van der Waals surface area contributed by atoms with Gasteiger partial charge in [-0.15, -0.1) is 11.3 Å². The van der Waals surface area contributed by atoms with Crippen LogP contribution in [0.1, 0.15) is 40.8 Å². The molecule has 0 amide bonds. The van der Waals surface area contributed by atoms with Crippen LogP contribution in [0.5, 0.6) is 0 Å². The summed E-state index contributed by atoms with van der Waals surface area (Å²) in [5, 5.41) is 12.1. The minimum Gasteiger partial charge on any atom is -0.460 e. The van der Waals surface area contributed by atoms with Crippen LogP contribution in [0.4, 0.5) is 0 Å². The number of nitriles is 1. The maximum atomic E-state index is 11.7. The van der Waals surface area contributed by atoms with Gasteiger partial charge in [0.15, 0.2) is 6.29 Å². The lowest BCUT2D eigenvalue weighted by atomic mass is 9.97. The van der Waals surface area contributed by atoms with Crippen LogP contribution in [0.3, 0.4) is 0 Å². The number of rotatable bonds is 6. The van der Waals surface area contributed by atoms with E-state index in [1.807, 2.05) is 41.8 Å². The second kappa shape index (κ2) is 8.74. The van der Waals surface area contributed by atoms with Crippen molar-refractivity contribution in [2.75, 3.05) is 13.1 Å². The number of benzene rings is 2. The Morgan fingerprint density at radius 3 is 2.72 bits per heavy atom. The molecule has 1 aliphatic heterocycles. The molecule has 0 saturated carbocycles. The van der Waals surface area contributed by atoms with E-state index in [1.165, 1.54) is 24.2 Å². The molecule has 4 nitrogen and oxygen atoms in total. The smallest absolute Gasteiger partial charge is 0.160 e. The number of hydrogen-bond acceptors (Lipinski definition) is 5. The molecule has 0 bridgehead atoms. The van der Waals surface area contributed by atoms with Crippen molar-refractivity contribution in [3.05, 3.63) is 70.1 Å². The van der Waals surface area contributed by atoms with E-state index in [0.717, 1.165) is 69.7 Å². The third-order valence-electron chi connectivity index (χ3n) is 6.50. The first-order chi connectivity index (χ1) is 15.7. The summed E-state index contributed by atoms with van der Waals surface area (Å²) < 4.78 is 6.36. The lowest BCUT2D eigenvalue weighted by Crippen LogP contribution is -2.28. The topological polar surface area (TPSA) is 57.2 Å². The summed E-state index contributed by atoms with van der Waals surface area (Å²) in [6.45, 7) is 4.38. The summed E-state index contributed by atoms with van der Waals surface area (Å²) in [4.78, 5) is 15.0. The van der Waals surface area contributed by atoms with Gasteiger partial charge in [-0.3, -0.25) is 4.79 Å². The molecule has 32 heavy (non-hydrogen) atoms. The zero-order valence-electron chi connectivity index (χ0n) is 18.0. The second-order valence-corrected chi connectivity index (χ2v) is 9.34. The van der Waals surface area contributed by atoms with Crippen LogP contribution in [0.2, 0.25) is 0 Å². The molecule has 2 aromatic carbocycles. The highest BCUT2D eigenvalue weighted by Crippen LogP contribution is 2.40. The largest absolute Gasteiger partial charge is 0.460 e. The molecule has 0 unspecified atom stereocenters. The normalized spacial score (nSPS) is 16.4.